The number of thiophene rings is 1. The molecule has 4 nitrogen and oxygen atoms in total. The number of halogens is 1. The van der Waals surface area contributed by atoms with E-state index < -0.39 is 11.4 Å². The Morgan fingerprint density at radius 1 is 1.32 bits per heavy atom. The number of carbonyl (C=O) groups is 2. The van der Waals surface area contributed by atoms with Crippen LogP contribution in [-0.2, 0) is 10.2 Å². The number of nitrogens with one attached hydrogen (secondary N) is 1. The van der Waals surface area contributed by atoms with E-state index in [9.17, 15) is 14.7 Å². The molecule has 6 heteroatoms. The van der Waals surface area contributed by atoms with Crippen molar-refractivity contribution in [1.29, 1.82) is 0 Å². The smallest absolute Gasteiger partial charge is 0.315 e. The van der Waals surface area contributed by atoms with Crippen LogP contribution in [0.1, 0.15) is 28.6 Å². The van der Waals surface area contributed by atoms with E-state index in [2.05, 4.69) is 21.2 Å². The zero-order valence-electron chi connectivity index (χ0n) is 12.0. The highest BCUT2D eigenvalue weighted by molar-refractivity contribution is 9.10. The van der Waals surface area contributed by atoms with Gasteiger partial charge in [0.05, 0.1) is 4.88 Å². The molecular formula is C16H16BrNO3S. The lowest BCUT2D eigenvalue weighted by molar-refractivity contribution is -0.143. The Hall–Kier alpha value is -1.66. The van der Waals surface area contributed by atoms with Crippen molar-refractivity contribution in [2.45, 2.75) is 18.8 Å². The summed E-state index contributed by atoms with van der Waals surface area (Å²) in [7, 11) is 0. The number of carboxylic acid groups (broad SMARTS) is 1. The molecule has 2 aromatic rings. The summed E-state index contributed by atoms with van der Waals surface area (Å²) < 4.78 is 0.839. The van der Waals surface area contributed by atoms with E-state index in [4.69, 9.17) is 0 Å². The molecule has 0 saturated carbocycles. The van der Waals surface area contributed by atoms with Crippen LogP contribution in [0, 0.1) is 0 Å². The van der Waals surface area contributed by atoms with Crippen LogP contribution < -0.4 is 5.32 Å². The normalized spacial score (nSPS) is 13.4. The predicted molar refractivity (Wildman–Crippen MR) is 90.4 cm³/mol. The highest BCUT2D eigenvalue weighted by Crippen LogP contribution is 2.28. The van der Waals surface area contributed by atoms with Gasteiger partial charge in [0.1, 0.15) is 5.41 Å². The third-order valence-corrected chi connectivity index (χ3v) is 5.37. The maximum atomic E-state index is 12.2. The molecule has 0 aliphatic heterocycles. The van der Waals surface area contributed by atoms with Gasteiger partial charge in [0, 0.05) is 16.4 Å². The maximum Gasteiger partial charge on any atom is 0.315 e. The first-order valence-electron chi connectivity index (χ1n) is 6.81. The largest absolute Gasteiger partial charge is 0.481 e. The van der Waals surface area contributed by atoms with Crippen molar-refractivity contribution in [2.24, 2.45) is 0 Å². The third-order valence-electron chi connectivity index (χ3n) is 3.68. The van der Waals surface area contributed by atoms with E-state index in [1.165, 1.54) is 11.3 Å². The summed E-state index contributed by atoms with van der Waals surface area (Å²) in [6.45, 7) is 1.87. The molecule has 1 atom stereocenters. The average molecular weight is 382 g/mol. The minimum Gasteiger partial charge on any atom is -0.481 e. The molecule has 22 heavy (non-hydrogen) atoms. The van der Waals surface area contributed by atoms with Gasteiger partial charge in [0.15, 0.2) is 0 Å². The van der Waals surface area contributed by atoms with E-state index >= 15 is 0 Å². The molecule has 2 N–H and O–H groups in total. The van der Waals surface area contributed by atoms with Crippen molar-refractivity contribution >= 4 is 39.1 Å². The van der Waals surface area contributed by atoms with Crippen LogP contribution in [0.5, 0.6) is 0 Å². The summed E-state index contributed by atoms with van der Waals surface area (Å²) in [5, 5.41) is 14.3. The van der Waals surface area contributed by atoms with E-state index in [1.807, 2.05) is 18.4 Å². The van der Waals surface area contributed by atoms with Crippen molar-refractivity contribution in [2.75, 3.05) is 6.54 Å². The second-order valence-corrected chi connectivity index (χ2v) is 6.75. The fraction of sp³-hybridized carbons (Fsp3) is 0.250. The summed E-state index contributed by atoms with van der Waals surface area (Å²) in [5.41, 5.74) is -0.427. The van der Waals surface area contributed by atoms with Crippen LogP contribution in [-0.4, -0.2) is 23.5 Å². The van der Waals surface area contributed by atoms with E-state index in [0.717, 1.165) is 4.47 Å². The van der Waals surface area contributed by atoms with Gasteiger partial charge in [0.2, 0.25) is 0 Å². The van der Waals surface area contributed by atoms with Gasteiger partial charge in [0.25, 0.3) is 5.91 Å². The third kappa shape index (κ3) is 3.39. The van der Waals surface area contributed by atoms with Gasteiger partial charge in [-0.1, -0.05) is 37.3 Å². The lowest BCUT2D eigenvalue weighted by atomic mass is 9.78. The molecule has 0 fully saturated rings. The standard InChI is InChI=1S/C16H16BrNO3S/c1-2-16(15(20)21,11-6-4-3-5-7-11)10-18-14(19)13-8-12(17)9-22-13/h3-9H,2,10H2,1H3,(H,18,19)(H,20,21). The Bertz CT molecular complexity index is 671. The monoisotopic (exact) mass is 381 g/mol. The van der Waals surface area contributed by atoms with Crippen LogP contribution >= 0.6 is 27.3 Å². The molecule has 1 amide bonds. The molecule has 0 spiro atoms. The Kier molecular flexibility index (Phi) is 5.37. The van der Waals surface area contributed by atoms with Crippen molar-refractivity contribution in [3.05, 3.63) is 56.7 Å². The van der Waals surface area contributed by atoms with E-state index in [1.54, 1.807) is 30.3 Å². The first kappa shape index (κ1) is 16.7. The predicted octanol–water partition coefficient (Wildman–Crippen LogP) is 3.67. The minimum atomic E-state index is -1.12. The Balaban J connectivity index is 2.21. The van der Waals surface area contributed by atoms with Crippen LogP contribution in [0.2, 0.25) is 0 Å². The van der Waals surface area contributed by atoms with Gasteiger partial charge in [-0.2, -0.15) is 0 Å². The van der Waals surface area contributed by atoms with Crippen LogP contribution in [0.15, 0.2) is 46.3 Å². The summed E-state index contributed by atoms with van der Waals surface area (Å²) in [4.78, 5) is 24.6. The van der Waals surface area contributed by atoms with Gasteiger partial charge < -0.3 is 10.4 Å². The summed E-state index contributed by atoms with van der Waals surface area (Å²) >= 11 is 4.61. The Morgan fingerprint density at radius 3 is 2.50 bits per heavy atom. The molecule has 0 aliphatic rings. The number of benzene rings is 1. The molecule has 0 radical (unpaired) electrons. The number of hydrogen-bond donors (Lipinski definition) is 2. The Labute approximate surface area is 141 Å². The lowest BCUT2D eigenvalue weighted by Crippen LogP contribution is -2.46. The molecule has 0 bridgehead atoms. The average Bonchev–Trinajstić information content (AvgIpc) is 2.95. The topological polar surface area (TPSA) is 66.4 Å². The van der Waals surface area contributed by atoms with Crippen LogP contribution in [0.3, 0.4) is 0 Å². The van der Waals surface area contributed by atoms with E-state index in [0.29, 0.717) is 16.9 Å². The number of rotatable bonds is 6. The highest BCUT2D eigenvalue weighted by Gasteiger charge is 2.39. The van der Waals surface area contributed by atoms with Gasteiger partial charge in [-0.15, -0.1) is 11.3 Å². The second-order valence-electron chi connectivity index (χ2n) is 4.92. The number of carbonyl (C=O) groups excluding carboxylic acids is 1. The zero-order chi connectivity index (χ0) is 16.2. The van der Waals surface area contributed by atoms with Crippen molar-refractivity contribution in [3.63, 3.8) is 0 Å². The molecule has 2 rings (SSSR count). The molecule has 1 aromatic heterocycles. The summed E-state index contributed by atoms with van der Waals surface area (Å²) in [6.07, 6.45) is 0.390. The quantitative estimate of drug-likeness (QED) is 0.801. The zero-order valence-corrected chi connectivity index (χ0v) is 14.4. The first-order valence-corrected chi connectivity index (χ1v) is 8.48. The number of carboxylic acids is 1. The molecule has 0 saturated heterocycles. The highest BCUT2D eigenvalue weighted by atomic mass is 79.9. The van der Waals surface area contributed by atoms with Gasteiger partial charge in [-0.3, -0.25) is 9.59 Å². The van der Waals surface area contributed by atoms with Crippen molar-refractivity contribution in [1.82, 2.24) is 5.32 Å². The first-order chi connectivity index (χ1) is 10.5. The van der Waals surface area contributed by atoms with Crippen LogP contribution in [0.4, 0.5) is 0 Å². The van der Waals surface area contributed by atoms with Gasteiger partial charge in [-0.05, 0) is 34.0 Å². The SMILES string of the molecule is CCC(CNC(=O)c1cc(Br)cs1)(C(=O)O)c1ccccc1. The van der Waals surface area contributed by atoms with Crippen LogP contribution in [0.25, 0.3) is 0 Å². The lowest BCUT2D eigenvalue weighted by Gasteiger charge is -2.29. The molecule has 1 heterocycles. The van der Waals surface area contributed by atoms with E-state index in [-0.39, 0.29) is 12.5 Å². The molecular weight excluding hydrogens is 366 g/mol. The van der Waals surface area contributed by atoms with Crippen molar-refractivity contribution < 1.29 is 14.7 Å². The molecule has 1 aromatic carbocycles. The van der Waals surface area contributed by atoms with Gasteiger partial charge >= 0.3 is 5.97 Å². The molecule has 116 valence electrons. The molecule has 1 unspecified atom stereocenters. The van der Waals surface area contributed by atoms with Crippen molar-refractivity contribution in [3.8, 4) is 0 Å². The fourth-order valence-corrected chi connectivity index (χ4v) is 3.63. The number of hydrogen-bond acceptors (Lipinski definition) is 3. The minimum absolute atomic E-state index is 0.0528. The summed E-state index contributed by atoms with van der Waals surface area (Å²) in [6, 6.07) is 10.7. The number of aliphatic carboxylic acids is 1. The second kappa shape index (κ2) is 7.07. The number of amides is 1. The molecule has 0 aliphatic carbocycles. The fourth-order valence-electron chi connectivity index (χ4n) is 2.29. The summed E-state index contributed by atoms with van der Waals surface area (Å²) in [5.74, 6) is -1.19. The van der Waals surface area contributed by atoms with Gasteiger partial charge in [-0.25, -0.2) is 0 Å². The Morgan fingerprint density at radius 2 is 2.00 bits per heavy atom. The maximum absolute atomic E-state index is 12.2.